The third kappa shape index (κ3) is 6.82. The fourth-order valence-electron chi connectivity index (χ4n) is 6.67. The number of carbonyl (C=O) groups is 2. The summed E-state index contributed by atoms with van der Waals surface area (Å²) in [7, 11) is 0. The van der Waals surface area contributed by atoms with Crippen molar-refractivity contribution in [3.05, 3.63) is 34.3 Å². The van der Waals surface area contributed by atoms with Gasteiger partial charge in [0.05, 0.1) is 11.8 Å². The summed E-state index contributed by atoms with van der Waals surface area (Å²) < 4.78 is 27.2. The number of aliphatic carboxylic acids is 1. The van der Waals surface area contributed by atoms with Crippen LogP contribution in [0.15, 0.2) is 18.2 Å². The van der Waals surface area contributed by atoms with Crippen molar-refractivity contribution in [2.75, 3.05) is 32.7 Å². The number of hydrogen-bond donors (Lipinski definition) is 2. The first-order chi connectivity index (χ1) is 17.7. The average molecular weight is 540 g/mol. The third-order valence-electron chi connectivity index (χ3n) is 8.84. The SMILES string of the molecule is C[C@H]1CN(Cc2c(Cl)cccc2C(F)F)C[C@]1(CC(=O)O)C(=O)NC1CCN(CC2CCCCC2)CC1. The number of nitrogens with one attached hydrogen (secondary N) is 1. The van der Waals surface area contributed by atoms with Gasteiger partial charge < -0.3 is 15.3 Å². The number of benzene rings is 1. The quantitative estimate of drug-likeness (QED) is 0.442. The predicted molar refractivity (Wildman–Crippen MR) is 140 cm³/mol. The molecule has 206 valence electrons. The van der Waals surface area contributed by atoms with Gasteiger partial charge in [0.2, 0.25) is 5.91 Å². The van der Waals surface area contributed by atoms with E-state index in [9.17, 15) is 23.5 Å². The summed E-state index contributed by atoms with van der Waals surface area (Å²) in [5.41, 5.74) is -0.902. The maximum absolute atomic E-state index is 13.7. The second-order valence-electron chi connectivity index (χ2n) is 11.5. The minimum atomic E-state index is -2.66. The van der Waals surface area contributed by atoms with Gasteiger partial charge in [0.15, 0.2) is 0 Å². The molecule has 37 heavy (non-hydrogen) atoms. The van der Waals surface area contributed by atoms with Gasteiger partial charge in [-0.25, -0.2) is 8.78 Å². The van der Waals surface area contributed by atoms with Crippen LogP contribution in [0.2, 0.25) is 5.02 Å². The van der Waals surface area contributed by atoms with Gasteiger partial charge in [-0.2, -0.15) is 0 Å². The summed E-state index contributed by atoms with van der Waals surface area (Å²) >= 11 is 6.27. The largest absolute Gasteiger partial charge is 0.481 e. The van der Waals surface area contributed by atoms with Crippen LogP contribution in [0, 0.1) is 17.3 Å². The van der Waals surface area contributed by atoms with Crippen molar-refractivity contribution in [1.29, 1.82) is 0 Å². The Hall–Kier alpha value is -1.77. The maximum atomic E-state index is 13.7. The molecular weight excluding hydrogens is 500 g/mol. The summed E-state index contributed by atoms with van der Waals surface area (Å²) in [6.07, 6.45) is 5.41. The highest BCUT2D eigenvalue weighted by Crippen LogP contribution is 2.41. The van der Waals surface area contributed by atoms with E-state index in [4.69, 9.17) is 11.6 Å². The van der Waals surface area contributed by atoms with E-state index in [1.165, 1.54) is 44.2 Å². The van der Waals surface area contributed by atoms with Gasteiger partial charge >= 0.3 is 5.97 Å². The van der Waals surface area contributed by atoms with E-state index in [-0.39, 0.29) is 48.0 Å². The molecule has 1 aliphatic carbocycles. The van der Waals surface area contributed by atoms with Crippen LogP contribution in [0.3, 0.4) is 0 Å². The molecule has 0 bridgehead atoms. The summed E-state index contributed by atoms with van der Waals surface area (Å²) in [6, 6.07) is 4.47. The predicted octanol–water partition coefficient (Wildman–Crippen LogP) is 5.35. The molecule has 1 saturated carbocycles. The molecule has 1 amide bonds. The smallest absolute Gasteiger partial charge is 0.304 e. The van der Waals surface area contributed by atoms with E-state index in [1.807, 2.05) is 11.8 Å². The van der Waals surface area contributed by atoms with E-state index < -0.39 is 17.8 Å². The molecule has 0 radical (unpaired) electrons. The van der Waals surface area contributed by atoms with Crippen LogP contribution in [0.25, 0.3) is 0 Å². The molecular formula is C28H40ClF2N3O3. The van der Waals surface area contributed by atoms with Crippen LogP contribution >= 0.6 is 11.6 Å². The van der Waals surface area contributed by atoms with Crippen LogP contribution in [0.1, 0.15) is 75.8 Å². The average Bonchev–Trinajstić information content (AvgIpc) is 3.17. The van der Waals surface area contributed by atoms with Crippen LogP contribution in [-0.2, 0) is 16.1 Å². The zero-order valence-electron chi connectivity index (χ0n) is 21.7. The van der Waals surface area contributed by atoms with Crippen molar-refractivity contribution in [1.82, 2.24) is 15.1 Å². The Morgan fingerprint density at radius 2 is 1.84 bits per heavy atom. The number of rotatable bonds is 9. The molecule has 2 atom stereocenters. The topological polar surface area (TPSA) is 72.9 Å². The van der Waals surface area contributed by atoms with Gasteiger partial charge in [-0.15, -0.1) is 0 Å². The van der Waals surface area contributed by atoms with Crippen molar-refractivity contribution in [2.45, 2.75) is 77.3 Å². The number of amides is 1. The molecule has 1 aromatic rings. The van der Waals surface area contributed by atoms with Crippen LogP contribution < -0.4 is 5.32 Å². The van der Waals surface area contributed by atoms with Gasteiger partial charge in [0.1, 0.15) is 0 Å². The Bertz CT molecular complexity index is 951. The first-order valence-corrected chi connectivity index (χ1v) is 14.1. The molecule has 1 aromatic carbocycles. The van der Waals surface area contributed by atoms with E-state index in [2.05, 4.69) is 10.2 Å². The number of piperidine rings is 1. The number of carbonyl (C=O) groups excluding carboxylic acids is 1. The Labute approximate surface area is 223 Å². The van der Waals surface area contributed by atoms with Crippen LogP contribution in [-0.4, -0.2) is 65.5 Å². The fraction of sp³-hybridized carbons (Fsp3) is 0.714. The first kappa shape index (κ1) is 28.2. The molecule has 3 aliphatic rings. The van der Waals surface area contributed by atoms with Gasteiger partial charge in [0, 0.05) is 55.9 Å². The molecule has 9 heteroatoms. The van der Waals surface area contributed by atoms with Gasteiger partial charge in [-0.1, -0.05) is 49.9 Å². The monoisotopic (exact) mass is 539 g/mol. The first-order valence-electron chi connectivity index (χ1n) is 13.7. The Morgan fingerprint density at radius 1 is 1.14 bits per heavy atom. The molecule has 0 aromatic heterocycles. The number of carboxylic acids is 1. The van der Waals surface area contributed by atoms with Crippen molar-refractivity contribution in [3.63, 3.8) is 0 Å². The van der Waals surface area contributed by atoms with Crippen molar-refractivity contribution < 1.29 is 23.5 Å². The molecule has 0 spiro atoms. The standard InChI is InChI=1S/C28H40ClF2N3O3/c1-19-15-34(17-23-22(26(30)31)8-5-9-24(23)29)18-28(19,14-25(35)36)27(37)32-21-10-12-33(13-11-21)16-20-6-3-2-4-7-20/h5,8-9,19-21,26H,2-4,6-7,10-18H2,1H3,(H,32,37)(H,35,36)/t19-,28-/m0/s1. The number of likely N-dealkylation sites (tertiary alicyclic amines) is 2. The number of carboxylic acid groups (broad SMARTS) is 1. The van der Waals surface area contributed by atoms with Gasteiger partial charge in [-0.05, 0) is 49.1 Å². The molecule has 2 heterocycles. The maximum Gasteiger partial charge on any atom is 0.304 e. The highest BCUT2D eigenvalue weighted by Gasteiger charge is 2.51. The summed E-state index contributed by atoms with van der Waals surface area (Å²) in [5, 5.41) is 13.2. The molecule has 2 saturated heterocycles. The number of hydrogen-bond acceptors (Lipinski definition) is 4. The third-order valence-corrected chi connectivity index (χ3v) is 9.19. The Kier molecular flexibility index (Phi) is 9.46. The molecule has 2 N–H and O–H groups in total. The Morgan fingerprint density at radius 3 is 2.49 bits per heavy atom. The fourth-order valence-corrected chi connectivity index (χ4v) is 6.91. The number of nitrogens with zero attached hydrogens (tertiary/aromatic N) is 2. The summed E-state index contributed by atoms with van der Waals surface area (Å²) in [5.74, 6) is -0.721. The normalized spacial score (nSPS) is 26.6. The number of alkyl halides is 2. The summed E-state index contributed by atoms with van der Waals surface area (Å²) in [6.45, 7) is 5.69. The highest BCUT2D eigenvalue weighted by atomic mass is 35.5. The van der Waals surface area contributed by atoms with E-state index >= 15 is 0 Å². The minimum Gasteiger partial charge on any atom is -0.481 e. The van der Waals surface area contributed by atoms with Gasteiger partial charge in [-0.3, -0.25) is 14.5 Å². The highest BCUT2D eigenvalue weighted by molar-refractivity contribution is 6.31. The van der Waals surface area contributed by atoms with Crippen LogP contribution in [0.4, 0.5) is 8.78 Å². The molecule has 0 unspecified atom stereocenters. The van der Waals surface area contributed by atoms with E-state index in [1.54, 1.807) is 6.07 Å². The zero-order valence-corrected chi connectivity index (χ0v) is 22.5. The molecule has 6 nitrogen and oxygen atoms in total. The molecule has 3 fully saturated rings. The lowest BCUT2D eigenvalue weighted by molar-refractivity contribution is -0.147. The van der Waals surface area contributed by atoms with E-state index in [0.29, 0.717) is 12.1 Å². The zero-order chi connectivity index (χ0) is 26.6. The van der Waals surface area contributed by atoms with Crippen LogP contribution in [0.5, 0.6) is 0 Å². The second-order valence-corrected chi connectivity index (χ2v) is 11.9. The molecule has 4 rings (SSSR count). The van der Waals surface area contributed by atoms with E-state index in [0.717, 1.165) is 38.4 Å². The van der Waals surface area contributed by atoms with Crippen molar-refractivity contribution in [3.8, 4) is 0 Å². The lowest BCUT2D eigenvalue weighted by Gasteiger charge is -2.37. The lowest BCUT2D eigenvalue weighted by Crippen LogP contribution is -2.53. The lowest BCUT2D eigenvalue weighted by atomic mass is 9.75. The number of halogens is 3. The summed E-state index contributed by atoms with van der Waals surface area (Å²) in [4.78, 5) is 29.9. The van der Waals surface area contributed by atoms with Crippen molar-refractivity contribution >= 4 is 23.5 Å². The molecule has 2 aliphatic heterocycles. The second kappa shape index (κ2) is 12.4. The van der Waals surface area contributed by atoms with Crippen molar-refractivity contribution in [2.24, 2.45) is 17.3 Å². The Balaban J connectivity index is 1.39. The minimum absolute atomic E-state index is 0.0241. The van der Waals surface area contributed by atoms with Gasteiger partial charge in [0.25, 0.3) is 6.43 Å².